The Morgan fingerprint density at radius 2 is 2.12 bits per heavy atom. The Morgan fingerprint density at radius 3 is 2.56 bits per heavy atom. The fourth-order valence-electron chi connectivity index (χ4n) is 1.15. The van der Waals surface area contributed by atoms with Crippen molar-refractivity contribution >= 4 is 5.97 Å². The van der Waals surface area contributed by atoms with Gasteiger partial charge in [-0.3, -0.25) is 0 Å². The third-order valence-corrected chi connectivity index (χ3v) is 1.93. The normalized spacial score (nSPS) is 10.0. The van der Waals surface area contributed by atoms with Crippen LogP contribution in [0.3, 0.4) is 0 Å². The van der Waals surface area contributed by atoms with Crippen molar-refractivity contribution in [3.8, 4) is 6.07 Å². The van der Waals surface area contributed by atoms with Gasteiger partial charge in [-0.05, 0) is 6.07 Å². The topological polar surface area (TPSA) is 50.1 Å². The number of nitrogens with zero attached hydrogens (tertiary/aromatic N) is 1. The largest absolute Gasteiger partial charge is 0.465 e. The van der Waals surface area contributed by atoms with Crippen molar-refractivity contribution in [1.29, 1.82) is 5.26 Å². The Kier molecular flexibility index (Phi) is 3.51. The van der Waals surface area contributed by atoms with Crippen molar-refractivity contribution in [2.45, 2.75) is 6.43 Å². The number of carbonyl (C=O) groups is 1. The minimum atomic E-state index is -2.98. The smallest absolute Gasteiger partial charge is 0.340 e. The lowest BCUT2D eigenvalue weighted by molar-refractivity contribution is 0.0595. The van der Waals surface area contributed by atoms with Crippen LogP contribution in [0.5, 0.6) is 0 Å². The molecule has 0 amide bonds. The maximum absolute atomic E-state index is 13.5. The van der Waals surface area contributed by atoms with Gasteiger partial charge in [0, 0.05) is 5.56 Å². The van der Waals surface area contributed by atoms with E-state index < -0.39 is 34.9 Å². The highest BCUT2D eigenvalue weighted by Gasteiger charge is 2.22. The fourth-order valence-corrected chi connectivity index (χ4v) is 1.15. The second-order valence-corrected chi connectivity index (χ2v) is 2.80. The second kappa shape index (κ2) is 4.66. The molecule has 0 saturated heterocycles. The van der Waals surface area contributed by atoms with E-state index in [-0.39, 0.29) is 0 Å². The Hall–Kier alpha value is -2.03. The van der Waals surface area contributed by atoms with E-state index in [4.69, 9.17) is 5.26 Å². The third kappa shape index (κ3) is 1.98. The fraction of sp³-hybridized carbons (Fsp3) is 0.200. The summed E-state index contributed by atoms with van der Waals surface area (Å²) in [5, 5.41) is 8.55. The molecule has 0 atom stereocenters. The Labute approximate surface area is 89.1 Å². The summed E-state index contributed by atoms with van der Waals surface area (Å²) in [6.07, 6.45) is -2.98. The number of rotatable bonds is 2. The van der Waals surface area contributed by atoms with E-state index in [1.54, 1.807) is 0 Å². The van der Waals surface area contributed by atoms with Gasteiger partial charge in [0.2, 0.25) is 0 Å². The number of halogens is 3. The summed E-state index contributed by atoms with van der Waals surface area (Å²) in [5.41, 5.74) is -2.12. The van der Waals surface area contributed by atoms with E-state index in [9.17, 15) is 18.0 Å². The molecule has 1 rings (SSSR count). The van der Waals surface area contributed by atoms with E-state index in [0.717, 1.165) is 19.2 Å². The van der Waals surface area contributed by atoms with Crippen molar-refractivity contribution in [1.82, 2.24) is 0 Å². The van der Waals surface area contributed by atoms with E-state index in [2.05, 4.69) is 4.74 Å². The molecule has 6 heteroatoms. The highest BCUT2D eigenvalue weighted by molar-refractivity contribution is 5.90. The van der Waals surface area contributed by atoms with Gasteiger partial charge >= 0.3 is 5.97 Å². The number of carbonyl (C=O) groups excluding carboxylic acids is 1. The minimum Gasteiger partial charge on any atom is -0.465 e. The van der Waals surface area contributed by atoms with Crippen LogP contribution >= 0.6 is 0 Å². The first-order valence-electron chi connectivity index (χ1n) is 4.11. The lowest BCUT2D eigenvalue weighted by atomic mass is 10.0. The zero-order valence-electron chi connectivity index (χ0n) is 8.13. The summed E-state index contributed by atoms with van der Waals surface area (Å²) in [5.74, 6) is -2.30. The van der Waals surface area contributed by atoms with Gasteiger partial charge in [-0.2, -0.15) is 5.26 Å². The van der Waals surface area contributed by atoms with Gasteiger partial charge in [-0.1, -0.05) is 6.07 Å². The van der Waals surface area contributed by atoms with Crippen LogP contribution in [0.2, 0.25) is 0 Å². The summed E-state index contributed by atoms with van der Waals surface area (Å²) in [6, 6.07) is 3.00. The van der Waals surface area contributed by atoms with Gasteiger partial charge in [-0.15, -0.1) is 0 Å². The average molecular weight is 229 g/mol. The van der Waals surface area contributed by atoms with Crippen LogP contribution in [0.15, 0.2) is 12.1 Å². The third-order valence-electron chi connectivity index (χ3n) is 1.93. The summed E-state index contributed by atoms with van der Waals surface area (Å²) in [7, 11) is 1.02. The van der Waals surface area contributed by atoms with Crippen molar-refractivity contribution in [2.24, 2.45) is 0 Å². The number of esters is 1. The first kappa shape index (κ1) is 12.0. The van der Waals surface area contributed by atoms with Gasteiger partial charge < -0.3 is 4.74 Å². The van der Waals surface area contributed by atoms with Crippen molar-refractivity contribution in [3.05, 3.63) is 34.6 Å². The van der Waals surface area contributed by atoms with Crippen LogP contribution in [0.4, 0.5) is 13.2 Å². The molecule has 0 spiro atoms. The summed E-state index contributed by atoms with van der Waals surface area (Å²) >= 11 is 0. The Balaban J connectivity index is 3.42. The van der Waals surface area contributed by atoms with Crippen LogP contribution in [0.25, 0.3) is 0 Å². The van der Waals surface area contributed by atoms with Gasteiger partial charge in [0.15, 0.2) is 5.82 Å². The predicted molar refractivity (Wildman–Crippen MR) is 47.4 cm³/mol. The summed E-state index contributed by atoms with van der Waals surface area (Å²) in [4.78, 5) is 11.0. The van der Waals surface area contributed by atoms with E-state index in [1.807, 2.05) is 0 Å². The van der Waals surface area contributed by atoms with Crippen LogP contribution in [0, 0.1) is 17.1 Å². The molecule has 0 fully saturated rings. The molecule has 16 heavy (non-hydrogen) atoms. The Morgan fingerprint density at radius 1 is 1.50 bits per heavy atom. The number of ether oxygens (including phenoxy) is 1. The number of alkyl halides is 2. The molecule has 0 unspecified atom stereocenters. The van der Waals surface area contributed by atoms with E-state index >= 15 is 0 Å². The molecule has 0 aliphatic carbocycles. The molecular formula is C10H6F3NO2. The van der Waals surface area contributed by atoms with Gasteiger partial charge in [0.1, 0.15) is 6.07 Å². The molecule has 0 N–H and O–H groups in total. The first-order valence-corrected chi connectivity index (χ1v) is 4.11. The SMILES string of the molecule is COC(=O)c1ccc(C(F)F)c(C#N)c1F. The van der Waals surface area contributed by atoms with Gasteiger partial charge in [0.05, 0.1) is 18.2 Å². The summed E-state index contributed by atoms with van der Waals surface area (Å²) < 4.78 is 42.5. The standard InChI is InChI=1S/C10H6F3NO2/c1-16-10(15)6-3-2-5(9(12)13)7(4-14)8(6)11/h2-3,9H,1H3. The number of nitriles is 1. The molecule has 0 aliphatic rings. The van der Waals surface area contributed by atoms with Crippen LogP contribution < -0.4 is 0 Å². The molecule has 0 aromatic heterocycles. The van der Waals surface area contributed by atoms with Crippen LogP contribution in [-0.2, 0) is 4.74 Å². The average Bonchev–Trinajstić information content (AvgIpc) is 2.27. The number of benzene rings is 1. The quantitative estimate of drug-likeness (QED) is 0.731. The van der Waals surface area contributed by atoms with Crippen molar-refractivity contribution in [3.63, 3.8) is 0 Å². The Bertz CT molecular complexity index is 466. The lowest BCUT2D eigenvalue weighted by Crippen LogP contribution is -2.07. The molecule has 0 bridgehead atoms. The molecule has 0 aliphatic heterocycles. The molecule has 3 nitrogen and oxygen atoms in total. The monoisotopic (exact) mass is 229 g/mol. The highest BCUT2D eigenvalue weighted by Crippen LogP contribution is 2.26. The maximum Gasteiger partial charge on any atom is 0.340 e. The molecule has 1 aromatic carbocycles. The van der Waals surface area contributed by atoms with Crippen LogP contribution in [0.1, 0.15) is 27.9 Å². The summed E-state index contributed by atoms with van der Waals surface area (Å²) in [6.45, 7) is 0. The molecule has 0 heterocycles. The van der Waals surface area contributed by atoms with Crippen molar-refractivity contribution in [2.75, 3.05) is 7.11 Å². The van der Waals surface area contributed by atoms with Crippen LogP contribution in [-0.4, -0.2) is 13.1 Å². The molecule has 0 saturated carbocycles. The maximum atomic E-state index is 13.5. The number of hydrogen-bond acceptors (Lipinski definition) is 3. The zero-order valence-corrected chi connectivity index (χ0v) is 8.13. The molecule has 1 aromatic rings. The van der Waals surface area contributed by atoms with E-state index in [0.29, 0.717) is 0 Å². The van der Waals surface area contributed by atoms with Gasteiger partial charge in [0.25, 0.3) is 6.43 Å². The van der Waals surface area contributed by atoms with E-state index in [1.165, 1.54) is 6.07 Å². The lowest BCUT2D eigenvalue weighted by Gasteiger charge is -2.06. The van der Waals surface area contributed by atoms with Crippen molar-refractivity contribution < 1.29 is 22.7 Å². The molecule has 0 radical (unpaired) electrons. The minimum absolute atomic E-state index is 0.538. The molecular weight excluding hydrogens is 223 g/mol. The molecule has 84 valence electrons. The highest BCUT2D eigenvalue weighted by atomic mass is 19.3. The van der Waals surface area contributed by atoms with Gasteiger partial charge in [-0.25, -0.2) is 18.0 Å². The zero-order chi connectivity index (χ0) is 12.3. The number of hydrogen-bond donors (Lipinski definition) is 0. The second-order valence-electron chi connectivity index (χ2n) is 2.80. The predicted octanol–water partition coefficient (Wildman–Crippen LogP) is 2.42. The number of methoxy groups -OCH3 is 1. The first-order chi connectivity index (χ1) is 7.52.